The second-order valence-corrected chi connectivity index (χ2v) is 8.49. The van der Waals surface area contributed by atoms with E-state index in [4.69, 9.17) is 4.42 Å². The quantitative estimate of drug-likeness (QED) is 0.297. The standard InChI is InChI=1S/C17H23OS.BF4/c1-16(2,3)14-10-12(13-8-7-9-19-13)11-15(18-14)17(4,5)6;2-1(3,4)5/h7-11H,1-6H3;/q+1;-1. The molecule has 0 saturated carbocycles. The second kappa shape index (κ2) is 7.25. The molecule has 2 aromatic heterocycles. The summed E-state index contributed by atoms with van der Waals surface area (Å²) in [4.78, 5) is 1.30. The van der Waals surface area contributed by atoms with Crippen molar-refractivity contribution in [3.8, 4) is 10.4 Å². The second-order valence-electron chi connectivity index (χ2n) is 7.55. The van der Waals surface area contributed by atoms with Crippen molar-refractivity contribution in [2.24, 2.45) is 0 Å². The molecule has 0 bridgehead atoms. The SMILES string of the molecule is CC(C)(C)c1cc(-c2cccs2)cc(C(C)(C)C)[o+]1.F[B-](F)(F)F. The van der Waals surface area contributed by atoms with Gasteiger partial charge in [-0.2, -0.15) is 0 Å². The van der Waals surface area contributed by atoms with Crippen LogP contribution in [0, 0.1) is 0 Å². The highest BCUT2D eigenvalue weighted by Gasteiger charge is 2.34. The van der Waals surface area contributed by atoms with E-state index in [-0.39, 0.29) is 10.8 Å². The molecule has 0 aliphatic rings. The van der Waals surface area contributed by atoms with E-state index in [1.54, 1.807) is 11.3 Å². The molecule has 0 saturated heterocycles. The lowest BCUT2D eigenvalue weighted by Crippen LogP contribution is -2.16. The minimum absolute atomic E-state index is 0.0211. The highest BCUT2D eigenvalue weighted by molar-refractivity contribution is 7.13. The molecule has 0 fully saturated rings. The summed E-state index contributed by atoms with van der Waals surface area (Å²) in [5.41, 5.74) is 1.30. The number of hydrogen-bond acceptors (Lipinski definition) is 1. The minimum Gasteiger partial charge on any atom is -0.418 e. The Hall–Kier alpha value is -1.37. The summed E-state index contributed by atoms with van der Waals surface area (Å²) in [6.45, 7) is 13.1. The fourth-order valence-corrected chi connectivity index (χ4v) is 2.54. The highest BCUT2D eigenvalue weighted by Crippen LogP contribution is 2.35. The van der Waals surface area contributed by atoms with Gasteiger partial charge in [-0.25, -0.2) is 4.42 Å². The van der Waals surface area contributed by atoms with E-state index in [2.05, 4.69) is 71.2 Å². The van der Waals surface area contributed by atoms with Gasteiger partial charge in [0.05, 0.1) is 10.8 Å². The maximum absolute atomic E-state index is 9.75. The summed E-state index contributed by atoms with van der Waals surface area (Å²) in [5, 5.41) is 2.12. The maximum atomic E-state index is 9.75. The average Bonchev–Trinajstić information content (AvgIpc) is 2.87. The number of rotatable bonds is 1. The molecule has 2 rings (SSSR count). The molecular weight excluding hydrogens is 339 g/mol. The first-order chi connectivity index (χ1) is 10.7. The van der Waals surface area contributed by atoms with E-state index in [9.17, 15) is 17.3 Å². The van der Waals surface area contributed by atoms with Gasteiger partial charge in [0.2, 0.25) is 0 Å². The van der Waals surface area contributed by atoms with Crippen LogP contribution in [0.3, 0.4) is 0 Å². The molecule has 2 aromatic rings. The van der Waals surface area contributed by atoms with Crippen LogP contribution in [0.25, 0.3) is 10.4 Å². The van der Waals surface area contributed by atoms with Crippen LogP contribution in [-0.2, 0) is 10.8 Å². The molecule has 0 radical (unpaired) electrons. The lowest BCUT2D eigenvalue weighted by atomic mass is 9.88. The van der Waals surface area contributed by atoms with Crippen molar-refractivity contribution in [3.05, 3.63) is 41.2 Å². The summed E-state index contributed by atoms with van der Waals surface area (Å²) in [7, 11) is -6.00. The molecule has 0 N–H and O–H groups in total. The minimum atomic E-state index is -6.00. The third kappa shape index (κ3) is 7.03. The third-order valence-electron chi connectivity index (χ3n) is 3.08. The van der Waals surface area contributed by atoms with Crippen molar-refractivity contribution in [2.45, 2.75) is 52.4 Å². The average molecular weight is 362 g/mol. The van der Waals surface area contributed by atoms with Crippen LogP contribution >= 0.6 is 11.3 Å². The van der Waals surface area contributed by atoms with Gasteiger partial charge in [-0.15, -0.1) is 11.3 Å². The lowest BCUT2D eigenvalue weighted by molar-refractivity contribution is 0.329. The van der Waals surface area contributed by atoms with Crippen molar-refractivity contribution in [2.75, 3.05) is 0 Å². The fourth-order valence-electron chi connectivity index (χ4n) is 1.83. The molecule has 0 spiro atoms. The Morgan fingerprint density at radius 1 is 0.875 bits per heavy atom. The van der Waals surface area contributed by atoms with E-state index >= 15 is 0 Å². The van der Waals surface area contributed by atoms with E-state index < -0.39 is 7.25 Å². The van der Waals surface area contributed by atoms with Gasteiger partial charge in [-0.1, -0.05) is 6.07 Å². The molecule has 0 atom stereocenters. The summed E-state index contributed by atoms with van der Waals surface area (Å²) in [5.74, 6) is 2.09. The lowest BCUT2D eigenvalue weighted by Gasteiger charge is -2.14. The van der Waals surface area contributed by atoms with E-state index in [1.165, 1.54) is 10.4 Å². The van der Waals surface area contributed by atoms with Crippen molar-refractivity contribution in [3.63, 3.8) is 0 Å². The van der Waals surface area contributed by atoms with Crippen molar-refractivity contribution < 1.29 is 21.7 Å². The van der Waals surface area contributed by atoms with Gasteiger partial charge in [0.1, 0.15) is 0 Å². The molecule has 134 valence electrons. The van der Waals surface area contributed by atoms with E-state index in [1.807, 2.05) is 0 Å². The van der Waals surface area contributed by atoms with E-state index in [0.717, 1.165) is 11.5 Å². The molecule has 2 heterocycles. The summed E-state index contributed by atoms with van der Waals surface area (Å²) < 4.78 is 45.1. The van der Waals surface area contributed by atoms with Gasteiger partial charge in [-0.05, 0) is 53.0 Å². The van der Waals surface area contributed by atoms with E-state index in [0.29, 0.717) is 0 Å². The van der Waals surface area contributed by atoms with Crippen LogP contribution in [0.15, 0.2) is 34.1 Å². The van der Waals surface area contributed by atoms with Gasteiger partial charge >= 0.3 is 18.8 Å². The zero-order chi connectivity index (χ0) is 18.8. The summed E-state index contributed by atoms with van der Waals surface area (Å²) in [6, 6.07) is 8.62. The van der Waals surface area contributed by atoms with Crippen LogP contribution in [0.2, 0.25) is 0 Å². The first-order valence-corrected chi connectivity index (χ1v) is 8.46. The smallest absolute Gasteiger partial charge is 0.418 e. The zero-order valence-electron chi connectivity index (χ0n) is 14.8. The molecular formula is C17H23BF4OS. The topological polar surface area (TPSA) is 11.3 Å². The van der Waals surface area contributed by atoms with Crippen molar-refractivity contribution >= 4 is 18.6 Å². The first kappa shape index (κ1) is 20.7. The number of thiophene rings is 1. The normalized spacial score (nSPS) is 12.6. The molecule has 0 aromatic carbocycles. The zero-order valence-corrected chi connectivity index (χ0v) is 15.6. The molecule has 24 heavy (non-hydrogen) atoms. The van der Waals surface area contributed by atoms with Crippen LogP contribution < -0.4 is 0 Å². The van der Waals surface area contributed by atoms with Crippen LogP contribution in [-0.4, -0.2) is 7.25 Å². The number of hydrogen-bond donors (Lipinski definition) is 0. The third-order valence-corrected chi connectivity index (χ3v) is 4.00. The van der Waals surface area contributed by atoms with Crippen LogP contribution in [0.5, 0.6) is 0 Å². The van der Waals surface area contributed by atoms with Crippen LogP contribution in [0.4, 0.5) is 17.3 Å². The van der Waals surface area contributed by atoms with Gasteiger partial charge in [0.15, 0.2) is 0 Å². The van der Waals surface area contributed by atoms with Crippen molar-refractivity contribution in [1.82, 2.24) is 0 Å². The van der Waals surface area contributed by atoms with Gasteiger partial charge in [0, 0.05) is 22.6 Å². The Labute approximate surface area is 144 Å². The molecule has 1 nitrogen and oxygen atoms in total. The van der Waals surface area contributed by atoms with Gasteiger partial charge in [-0.3, -0.25) is 0 Å². The Kier molecular flexibility index (Phi) is 6.25. The Morgan fingerprint density at radius 2 is 1.29 bits per heavy atom. The fraction of sp³-hybridized carbons (Fsp3) is 0.471. The maximum Gasteiger partial charge on any atom is 0.673 e. The summed E-state index contributed by atoms with van der Waals surface area (Å²) >= 11 is 1.77. The van der Waals surface area contributed by atoms with Crippen molar-refractivity contribution in [1.29, 1.82) is 0 Å². The molecule has 7 heteroatoms. The highest BCUT2D eigenvalue weighted by atomic mass is 32.1. The Balaban J connectivity index is 0.000000505. The summed E-state index contributed by atoms with van der Waals surface area (Å²) in [6.07, 6.45) is 0. The number of halogens is 4. The predicted molar refractivity (Wildman–Crippen MR) is 94.0 cm³/mol. The van der Waals surface area contributed by atoms with Gasteiger partial charge in [0.25, 0.3) is 0 Å². The monoisotopic (exact) mass is 362 g/mol. The van der Waals surface area contributed by atoms with Gasteiger partial charge < -0.3 is 17.3 Å². The Bertz CT molecular complexity index is 614. The molecule has 0 aliphatic heterocycles. The molecule has 0 unspecified atom stereocenters. The molecule has 0 aliphatic carbocycles. The van der Waals surface area contributed by atoms with Crippen LogP contribution in [0.1, 0.15) is 53.1 Å². The molecule has 0 amide bonds. The largest absolute Gasteiger partial charge is 0.673 e. The Morgan fingerprint density at radius 3 is 1.58 bits per heavy atom. The predicted octanol–water partition coefficient (Wildman–Crippen LogP) is 7.18. The first-order valence-electron chi connectivity index (χ1n) is 7.58.